The van der Waals surface area contributed by atoms with Gasteiger partial charge in [-0.25, -0.2) is 0 Å². The zero-order valence-corrected chi connectivity index (χ0v) is 11.3. The lowest BCUT2D eigenvalue weighted by atomic mass is 10.1. The van der Waals surface area contributed by atoms with Crippen LogP contribution >= 0.6 is 35.8 Å². The van der Waals surface area contributed by atoms with E-state index in [4.69, 9.17) is 23.2 Å². The summed E-state index contributed by atoms with van der Waals surface area (Å²) in [6.07, 6.45) is 5.98. The van der Waals surface area contributed by atoms with Gasteiger partial charge in [0.1, 0.15) is 0 Å². The summed E-state index contributed by atoms with van der Waals surface area (Å²) in [6, 6.07) is 3.75. The van der Waals surface area contributed by atoms with Gasteiger partial charge >= 0.3 is 0 Å². The zero-order chi connectivity index (χ0) is 11.3. The summed E-state index contributed by atoms with van der Waals surface area (Å²) in [4.78, 5) is 0.749. The van der Waals surface area contributed by atoms with Crippen LogP contribution in [0.2, 0.25) is 10.0 Å². The Labute approximate surface area is 107 Å². The van der Waals surface area contributed by atoms with Crippen molar-refractivity contribution in [3.05, 3.63) is 27.7 Å². The Bertz CT molecular complexity index is 324. The first-order chi connectivity index (χ1) is 7.15. The van der Waals surface area contributed by atoms with E-state index in [1.807, 2.05) is 12.1 Å². The van der Waals surface area contributed by atoms with Gasteiger partial charge in [0.05, 0.1) is 5.02 Å². The Balaban J connectivity index is 2.57. The monoisotopic (exact) mass is 262 g/mol. The third-order valence-corrected chi connectivity index (χ3v) is 3.58. The smallest absolute Gasteiger partial charge is 0.0543 e. The fourth-order valence-electron chi connectivity index (χ4n) is 1.51. The van der Waals surface area contributed by atoms with E-state index >= 15 is 0 Å². The molecule has 0 aliphatic carbocycles. The van der Waals surface area contributed by atoms with Crippen LogP contribution in [0.25, 0.3) is 0 Å². The van der Waals surface area contributed by atoms with E-state index in [2.05, 4.69) is 19.6 Å². The number of halogens is 2. The SMILES string of the molecule is CCCCCCc1cc(Cl)c(S)cc1Cl. The number of hydrogen-bond donors (Lipinski definition) is 1. The molecule has 0 amide bonds. The first-order valence-corrected chi connectivity index (χ1v) is 6.52. The van der Waals surface area contributed by atoms with Gasteiger partial charge in [-0.15, -0.1) is 12.6 Å². The van der Waals surface area contributed by atoms with E-state index in [9.17, 15) is 0 Å². The molecule has 1 aromatic rings. The van der Waals surface area contributed by atoms with Crippen LogP contribution in [0.5, 0.6) is 0 Å². The van der Waals surface area contributed by atoms with Crippen molar-refractivity contribution in [1.82, 2.24) is 0 Å². The molecule has 0 heterocycles. The molecule has 0 spiro atoms. The molecule has 0 nitrogen and oxygen atoms in total. The van der Waals surface area contributed by atoms with Gasteiger partial charge in [-0.05, 0) is 30.5 Å². The first-order valence-electron chi connectivity index (χ1n) is 5.32. The topological polar surface area (TPSA) is 0 Å². The Kier molecular flexibility index (Phi) is 5.88. The predicted molar refractivity (Wildman–Crippen MR) is 71.6 cm³/mol. The van der Waals surface area contributed by atoms with Crippen molar-refractivity contribution >= 4 is 35.8 Å². The van der Waals surface area contributed by atoms with Crippen LogP contribution in [0.1, 0.15) is 38.2 Å². The molecule has 0 saturated carbocycles. The van der Waals surface area contributed by atoms with Crippen molar-refractivity contribution in [2.75, 3.05) is 0 Å². The van der Waals surface area contributed by atoms with Crippen LogP contribution in [0.4, 0.5) is 0 Å². The molecular weight excluding hydrogens is 247 g/mol. The number of rotatable bonds is 5. The molecule has 0 fully saturated rings. The highest BCUT2D eigenvalue weighted by molar-refractivity contribution is 7.80. The summed E-state index contributed by atoms with van der Waals surface area (Å²) in [7, 11) is 0. The van der Waals surface area contributed by atoms with Gasteiger partial charge in [0.2, 0.25) is 0 Å². The van der Waals surface area contributed by atoms with Crippen molar-refractivity contribution < 1.29 is 0 Å². The average Bonchev–Trinajstić information content (AvgIpc) is 2.20. The molecule has 0 atom stereocenters. The average molecular weight is 263 g/mol. The lowest BCUT2D eigenvalue weighted by molar-refractivity contribution is 0.667. The van der Waals surface area contributed by atoms with Gasteiger partial charge in [-0.2, -0.15) is 0 Å². The fourth-order valence-corrected chi connectivity index (χ4v) is 2.23. The quantitative estimate of drug-likeness (QED) is 0.533. The summed E-state index contributed by atoms with van der Waals surface area (Å²) in [5, 5.41) is 1.47. The molecule has 0 bridgehead atoms. The molecule has 1 aromatic carbocycles. The van der Waals surface area contributed by atoms with E-state index in [1.54, 1.807) is 0 Å². The van der Waals surface area contributed by atoms with E-state index in [1.165, 1.54) is 25.7 Å². The number of benzene rings is 1. The van der Waals surface area contributed by atoms with Crippen molar-refractivity contribution in [3.63, 3.8) is 0 Å². The third-order valence-electron chi connectivity index (χ3n) is 2.42. The van der Waals surface area contributed by atoms with Crippen LogP contribution in [0.15, 0.2) is 17.0 Å². The molecule has 1 rings (SSSR count). The highest BCUT2D eigenvalue weighted by Crippen LogP contribution is 2.28. The Morgan fingerprint density at radius 3 is 2.47 bits per heavy atom. The number of thiol groups is 1. The van der Waals surface area contributed by atoms with Crippen molar-refractivity contribution in [2.24, 2.45) is 0 Å². The second-order valence-corrected chi connectivity index (χ2v) is 5.00. The lowest BCUT2D eigenvalue weighted by Crippen LogP contribution is -1.88. The van der Waals surface area contributed by atoms with Crippen LogP contribution in [0, 0.1) is 0 Å². The summed E-state index contributed by atoms with van der Waals surface area (Å²) in [5.41, 5.74) is 1.13. The highest BCUT2D eigenvalue weighted by Gasteiger charge is 2.04. The maximum Gasteiger partial charge on any atom is 0.0543 e. The maximum atomic E-state index is 6.11. The Morgan fingerprint density at radius 2 is 1.80 bits per heavy atom. The van der Waals surface area contributed by atoms with Crippen molar-refractivity contribution in [3.8, 4) is 0 Å². The largest absolute Gasteiger partial charge is 0.142 e. The summed E-state index contributed by atoms with van der Waals surface area (Å²) in [5.74, 6) is 0. The van der Waals surface area contributed by atoms with Gasteiger partial charge < -0.3 is 0 Å². The summed E-state index contributed by atoms with van der Waals surface area (Å²) >= 11 is 16.3. The van der Waals surface area contributed by atoms with E-state index < -0.39 is 0 Å². The Hall–Kier alpha value is 0.150. The molecule has 3 heteroatoms. The number of aryl methyl sites for hydroxylation is 1. The standard InChI is InChI=1S/C12H16Cl2S/c1-2-3-4-5-6-9-7-11(14)12(15)8-10(9)13/h7-8,15H,2-6H2,1H3. The molecule has 0 aromatic heterocycles. The van der Waals surface area contributed by atoms with Gasteiger partial charge in [-0.3, -0.25) is 0 Å². The van der Waals surface area contributed by atoms with Gasteiger partial charge in [-0.1, -0.05) is 49.4 Å². The van der Waals surface area contributed by atoms with Crippen LogP contribution in [0.3, 0.4) is 0 Å². The molecule has 0 unspecified atom stereocenters. The number of unbranched alkanes of at least 4 members (excludes halogenated alkanes) is 3. The minimum atomic E-state index is 0.688. The van der Waals surface area contributed by atoms with Crippen molar-refractivity contribution in [2.45, 2.75) is 43.9 Å². The second-order valence-electron chi connectivity index (χ2n) is 3.71. The van der Waals surface area contributed by atoms with Crippen LogP contribution < -0.4 is 0 Å². The fraction of sp³-hybridized carbons (Fsp3) is 0.500. The molecule has 0 aliphatic heterocycles. The first kappa shape index (κ1) is 13.2. The van der Waals surface area contributed by atoms with Crippen molar-refractivity contribution in [1.29, 1.82) is 0 Å². The van der Waals surface area contributed by atoms with E-state index in [0.29, 0.717) is 5.02 Å². The molecule has 0 saturated heterocycles. The molecule has 0 aliphatic rings. The van der Waals surface area contributed by atoms with E-state index in [0.717, 1.165) is 21.9 Å². The van der Waals surface area contributed by atoms with Gasteiger partial charge in [0, 0.05) is 9.92 Å². The molecule has 0 radical (unpaired) electrons. The molecule has 84 valence electrons. The highest BCUT2D eigenvalue weighted by atomic mass is 35.5. The summed E-state index contributed by atoms with van der Waals surface area (Å²) in [6.45, 7) is 2.21. The minimum absolute atomic E-state index is 0.688. The molecule has 15 heavy (non-hydrogen) atoms. The third kappa shape index (κ3) is 4.26. The second kappa shape index (κ2) is 6.67. The van der Waals surface area contributed by atoms with E-state index in [-0.39, 0.29) is 0 Å². The Morgan fingerprint density at radius 1 is 1.07 bits per heavy atom. The molecule has 0 N–H and O–H groups in total. The van der Waals surface area contributed by atoms with Gasteiger partial charge in [0.25, 0.3) is 0 Å². The maximum absolute atomic E-state index is 6.11. The van der Waals surface area contributed by atoms with Crippen LogP contribution in [-0.2, 0) is 6.42 Å². The normalized spacial score (nSPS) is 10.7. The zero-order valence-electron chi connectivity index (χ0n) is 8.89. The molecular formula is C12H16Cl2S. The number of hydrogen-bond acceptors (Lipinski definition) is 1. The lowest BCUT2D eigenvalue weighted by Gasteiger charge is -2.06. The minimum Gasteiger partial charge on any atom is -0.142 e. The van der Waals surface area contributed by atoms with Gasteiger partial charge in [0.15, 0.2) is 0 Å². The summed E-state index contributed by atoms with van der Waals surface area (Å²) < 4.78 is 0. The van der Waals surface area contributed by atoms with Crippen LogP contribution in [-0.4, -0.2) is 0 Å². The predicted octanol–water partition coefficient (Wildman–Crippen LogP) is 5.40.